The highest BCUT2D eigenvalue weighted by Crippen LogP contribution is 2.75. The normalized spacial score (nSPS) is 46.3. The number of aliphatic hydroxyl groups excluding tert-OH is 1. The quantitative estimate of drug-likeness (QED) is 0.276. The van der Waals surface area contributed by atoms with E-state index in [9.17, 15) is 5.11 Å². The van der Waals surface area contributed by atoms with Crippen LogP contribution in [-0.2, 0) is 11.8 Å². The molecule has 7 atom stereocenters. The lowest BCUT2D eigenvalue weighted by Crippen LogP contribution is -2.64. The first kappa shape index (κ1) is 24.6. The summed E-state index contributed by atoms with van der Waals surface area (Å²) in [4.78, 5) is 0. The SMILES string of the molecule is C=C(O)[C@]12CCC(C)(C)C[C@H]1C1=CCC3[C@@]4(C)Cc5c(N)n[nH]c5C(C)(C)[C@@H]4CC[C@@]3(C)[C@]1(C)CC2. The van der Waals surface area contributed by atoms with Gasteiger partial charge in [0.05, 0.1) is 5.76 Å². The fourth-order valence-electron chi connectivity index (χ4n) is 11.2. The maximum atomic E-state index is 11.0. The minimum Gasteiger partial charge on any atom is -0.512 e. The maximum Gasteiger partial charge on any atom is 0.148 e. The van der Waals surface area contributed by atoms with Crippen molar-refractivity contribution in [3.8, 4) is 0 Å². The van der Waals surface area contributed by atoms with Crippen LogP contribution in [0.2, 0.25) is 0 Å². The van der Waals surface area contributed by atoms with Crippen LogP contribution < -0.4 is 5.73 Å². The Kier molecular flexibility index (Phi) is 4.80. The van der Waals surface area contributed by atoms with Crippen LogP contribution in [0.5, 0.6) is 0 Å². The first-order valence-electron chi connectivity index (χ1n) is 14.5. The molecule has 0 radical (unpaired) electrons. The van der Waals surface area contributed by atoms with E-state index in [0.717, 1.165) is 38.5 Å². The lowest BCUT2D eigenvalue weighted by molar-refractivity contribution is -0.159. The molecule has 4 nitrogen and oxygen atoms in total. The monoisotopic (exact) mass is 491 g/mol. The van der Waals surface area contributed by atoms with Crippen LogP contribution >= 0.6 is 0 Å². The molecule has 0 amide bonds. The molecular formula is C32H49N3O. The number of allylic oxidation sites excluding steroid dienone is 3. The second-order valence-electron chi connectivity index (χ2n) is 15.7. The van der Waals surface area contributed by atoms with E-state index in [2.05, 4.69) is 71.3 Å². The molecule has 1 unspecified atom stereocenters. The molecular weight excluding hydrogens is 442 g/mol. The summed E-state index contributed by atoms with van der Waals surface area (Å²) < 4.78 is 0. The van der Waals surface area contributed by atoms with Crippen molar-refractivity contribution in [2.45, 2.75) is 112 Å². The summed E-state index contributed by atoms with van der Waals surface area (Å²) in [5.41, 5.74) is 11.5. The average Bonchev–Trinajstić information content (AvgIpc) is 3.14. The van der Waals surface area contributed by atoms with E-state index < -0.39 is 0 Å². The van der Waals surface area contributed by atoms with Crippen LogP contribution in [0.1, 0.15) is 111 Å². The lowest BCUT2D eigenvalue weighted by atomic mass is 9.33. The van der Waals surface area contributed by atoms with E-state index in [-0.39, 0.29) is 27.1 Å². The molecule has 4 N–H and O–H groups in total. The van der Waals surface area contributed by atoms with Crippen LogP contribution in [-0.4, -0.2) is 15.3 Å². The number of hydrogen-bond acceptors (Lipinski definition) is 3. The molecule has 4 heteroatoms. The van der Waals surface area contributed by atoms with E-state index in [4.69, 9.17) is 5.73 Å². The summed E-state index contributed by atoms with van der Waals surface area (Å²) in [6, 6.07) is 0. The van der Waals surface area contributed by atoms with Gasteiger partial charge in [0.15, 0.2) is 0 Å². The zero-order valence-corrected chi connectivity index (χ0v) is 23.9. The Morgan fingerprint density at radius 1 is 1.03 bits per heavy atom. The number of anilines is 1. The Balaban J connectivity index is 1.47. The summed E-state index contributed by atoms with van der Waals surface area (Å²) in [5.74, 6) is 2.80. The van der Waals surface area contributed by atoms with E-state index in [1.54, 1.807) is 5.57 Å². The molecule has 0 aliphatic heterocycles. The molecule has 6 rings (SSSR count). The summed E-state index contributed by atoms with van der Waals surface area (Å²) in [5, 5.41) is 18.8. The zero-order chi connectivity index (χ0) is 26.1. The minimum absolute atomic E-state index is 0.0446. The van der Waals surface area contributed by atoms with Gasteiger partial charge in [-0.15, -0.1) is 0 Å². The van der Waals surface area contributed by atoms with Gasteiger partial charge < -0.3 is 10.8 Å². The number of nitrogens with zero attached hydrogens (tertiary/aromatic N) is 1. The van der Waals surface area contributed by atoms with Gasteiger partial charge in [-0.2, -0.15) is 5.10 Å². The van der Waals surface area contributed by atoms with Crippen molar-refractivity contribution in [3.63, 3.8) is 0 Å². The van der Waals surface area contributed by atoms with E-state index in [1.165, 1.54) is 30.5 Å². The van der Waals surface area contributed by atoms with Gasteiger partial charge in [0, 0.05) is 22.1 Å². The first-order valence-corrected chi connectivity index (χ1v) is 14.5. The fraction of sp³-hybridized carbons (Fsp3) is 0.781. The molecule has 3 fully saturated rings. The smallest absolute Gasteiger partial charge is 0.148 e. The number of aliphatic hydroxyl groups is 1. The molecule has 0 bridgehead atoms. The zero-order valence-electron chi connectivity index (χ0n) is 23.9. The number of aromatic amines is 1. The second-order valence-corrected chi connectivity index (χ2v) is 15.7. The van der Waals surface area contributed by atoms with Crippen molar-refractivity contribution in [1.29, 1.82) is 0 Å². The number of nitrogen functional groups attached to an aromatic ring is 1. The van der Waals surface area contributed by atoms with Gasteiger partial charge in [-0.1, -0.05) is 66.7 Å². The molecule has 3 saturated carbocycles. The molecule has 1 heterocycles. The van der Waals surface area contributed by atoms with Crippen molar-refractivity contribution in [2.24, 2.45) is 44.8 Å². The number of hydrogen-bond donors (Lipinski definition) is 3. The largest absolute Gasteiger partial charge is 0.512 e. The standard InChI is InChI=1S/C32H49N3O/c1-19(36)32-15-13-27(2,3)18-22(32)21-9-10-24-29(6)17-20-25(34-35-26(20)33)28(4,5)23(29)11-12-31(24,8)30(21,7)14-16-32/h9,22-24,36H,1,10-18H2,2-8H3,(H3,33,34,35)/t22-,23-,24?,29-,30+,31+,32+/m0/s1. The molecule has 1 aromatic rings. The molecule has 0 saturated heterocycles. The Morgan fingerprint density at radius 2 is 1.72 bits per heavy atom. The molecule has 1 aromatic heterocycles. The highest BCUT2D eigenvalue weighted by Gasteiger charge is 2.68. The van der Waals surface area contributed by atoms with E-state index >= 15 is 0 Å². The third-order valence-electron chi connectivity index (χ3n) is 13.4. The molecule has 198 valence electrons. The Morgan fingerprint density at radius 3 is 2.42 bits per heavy atom. The van der Waals surface area contributed by atoms with Gasteiger partial charge in [0.25, 0.3) is 0 Å². The molecule has 0 aromatic carbocycles. The van der Waals surface area contributed by atoms with Crippen molar-refractivity contribution in [3.05, 3.63) is 35.2 Å². The molecule has 0 spiro atoms. The number of aromatic nitrogens is 2. The number of rotatable bonds is 1. The minimum atomic E-state index is -0.127. The summed E-state index contributed by atoms with van der Waals surface area (Å²) in [6.45, 7) is 21.7. The summed E-state index contributed by atoms with van der Waals surface area (Å²) in [6.07, 6.45) is 13.0. The van der Waals surface area contributed by atoms with E-state index in [0.29, 0.717) is 34.7 Å². The van der Waals surface area contributed by atoms with Gasteiger partial charge in [-0.25, -0.2) is 0 Å². The fourth-order valence-corrected chi connectivity index (χ4v) is 11.2. The molecule has 5 aliphatic carbocycles. The van der Waals surface area contributed by atoms with Crippen LogP contribution in [0, 0.1) is 44.8 Å². The topological polar surface area (TPSA) is 74.9 Å². The van der Waals surface area contributed by atoms with Crippen molar-refractivity contribution < 1.29 is 5.11 Å². The number of nitrogens with one attached hydrogen (secondary N) is 1. The van der Waals surface area contributed by atoms with Crippen LogP contribution in [0.3, 0.4) is 0 Å². The molecule has 5 aliphatic rings. The number of H-pyrrole nitrogens is 1. The summed E-state index contributed by atoms with van der Waals surface area (Å²) >= 11 is 0. The van der Waals surface area contributed by atoms with Crippen molar-refractivity contribution >= 4 is 5.82 Å². The van der Waals surface area contributed by atoms with Crippen LogP contribution in [0.15, 0.2) is 24.0 Å². The van der Waals surface area contributed by atoms with Crippen LogP contribution in [0.4, 0.5) is 5.82 Å². The van der Waals surface area contributed by atoms with Crippen LogP contribution in [0.25, 0.3) is 0 Å². The predicted octanol–water partition coefficient (Wildman–Crippen LogP) is 7.88. The maximum absolute atomic E-state index is 11.0. The average molecular weight is 492 g/mol. The Labute approximate surface area is 218 Å². The summed E-state index contributed by atoms with van der Waals surface area (Å²) in [7, 11) is 0. The second kappa shape index (κ2) is 7.03. The number of fused-ring (bicyclic) bond motifs is 8. The van der Waals surface area contributed by atoms with Crippen molar-refractivity contribution in [1.82, 2.24) is 10.2 Å². The first-order chi connectivity index (χ1) is 16.6. The van der Waals surface area contributed by atoms with Crippen molar-refractivity contribution in [2.75, 3.05) is 5.73 Å². The number of nitrogens with two attached hydrogens (primary N) is 1. The molecule has 36 heavy (non-hydrogen) atoms. The van der Waals surface area contributed by atoms with E-state index in [1.807, 2.05) is 0 Å². The van der Waals surface area contributed by atoms with Gasteiger partial charge in [-0.05, 0) is 97.2 Å². The van der Waals surface area contributed by atoms with Gasteiger partial charge in [-0.3, -0.25) is 5.10 Å². The highest BCUT2D eigenvalue weighted by atomic mass is 16.3. The van der Waals surface area contributed by atoms with Gasteiger partial charge in [0.1, 0.15) is 5.82 Å². The third kappa shape index (κ3) is 2.75. The highest BCUT2D eigenvalue weighted by molar-refractivity contribution is 5.49. The van der Waals surface area contributed by atoms with Gasteiger partial charge in [0.2, 0.25) is 0 Å². The third-order valence-corrected chi connectivity index (χ3v) is 13.4. The predicted molar refractivity (Wildman–Crippen MR) is 148 cm³/mol. The Hall–Kier alpha value is -1.71. The lowest BCUT2D eigenvalue weighted by Gasteiger charge is -2.70. The Bertz CT molecular complexity index is 1160. The van der Waals surface area contributed by atoms with Gasteiger partial charge >= 0.3 is 0 Å².